The Labute approximate surface area is 202 Å². The number of para-hydroxylation sites is 2. The molecule has 0 saturated heterocycles. The topological polar surface area (TPSA) is 100 Å². The number of nitrogens with zero attached hydrogens (tertiary/aromatic N) is 4. The van der Waals surface area contributed by atoms with Crippen molar-refractivity contribution in [3.8, 4) is 28.6 Å². The van der Waals surface area contributed by atoms with Gasteiger partial charge in [-0.2, -0.15) is 0 Å². The van der Waals surface area contributed by atoms with E-state index in [2.05, 4.69) is 16.9 Å². The van der Waals surface area contributed by atoms with Crippen molar-refractivity contribution in [2.24, 2.45) is 0 Å². The van der Waals surface area contributed by atoms with Crippen molar-refractivity contribution in [2.45, 2.75) is 20.4 Å². The fourth-order valence-corrected chi connectivity index (χ4v) is 3.88. The molecule has 180 valence electrons. The Bertz CT molecular complexity index is 1440. The summed E-state index contributed by atoms with van der Waals surface area (Å²) in [6.45, 7) is 8.63. The number of amides is 1. The molecule has 4 aromatic rings. The molecule has 1 N–H and O–H groups in total. The first-order valence-electron chi connectivity index (χ1n) is 11.3. The lowest BCUT2D eigenvalue weighted by Gasteiger charge is -2.11. The number of ether oxygens (including phenoxy) is 2. The Balaban J connectivity index is 2.08. The summed E-state index contributed by atoms with van der Waals surface area (Å²) >= 11 is 0. The molecule has 0 atom stereocenters. The molecule has 0 radical (unpaired) electrons. The molecule has 0 bridgehead atoms. The molecular weight excluding hydrogens is 446 g/mol. The summed E-state index contributed by atoms with van der Waals surface area (Å²) in [5, 5.41) is 2.79. The number of hydrogen-bond acceptors (Lipinski definition) is 6. The molecule has 35 heavy (non-hydrogen) atoms. The van der Waals surface area contributed by atoms with Crippen molar-refractivity contribution in [3.63, 3.8) is 0 Å². The maximum atomic E-state index is 13.7. The van der Waals surface area contributed by atoms with E-state index in [4.69, 9.17) is 14.5 Å². The van der Waals surface area contributed by atoms with Gasteiger partial charge in [-0.05, 0) is 50.2 Å². The van der Waals surface area contributed by atoms with Crippen LogP contribution in [0.1, 0.15) is 24.3 Å². The third-order valence-corrected chi connectivity index (χ3v) is 5.38. The maximum Gasteiger partial charge on any atom is 0.335 e. The quantitative estimate of drug-likeness (QED) is 0.373. The monoisotopic (exact) mass is 473 g/mol. The van der Waals surface area contributed by atoms with Crippen LogP contribution in [0.3, 0.4) is 0 Å². The Morgan fingerprint density at radius 1 is 1.11 bits per heavy atom. The third-order valence-electron chi connectivity index (χ3n) is 5.38. The van der Waals surface area contributed by atoms with Gasteiger partial charge >= 0.3 is 5.69 Å². The second-order valence-corrected chi connectivity index (χ2v) is 7.57. The smallest absolute Gasteiger partial charge is 0.335 e. The lowest BCUT2D eigenvalue weighted by molar-refractivity contribution is 0.0952. The van der Waals surface area contributed by atoms with Gasteiger partial charge in [0.25, 0.3) is 5.91 Å². The van der Waals surface area contributed by atoms with E-state index in [0.29, 0.717) is 52.9 Å². The Morgan fingerprint density at radius 2 is 1.86 bits per heavy atom. The van der Waals surface area contributed by atoms with Crippen LogP contribution in [-0.2, 0) is 6.54 Å². The normalized spacial score (nSPS) is 10.8. The molecule has 0 saturated carbocycles. The van der Waals surface area contributed by atoms with Gasteiger partial charge in [-0.15, -0.1) is 6.58 Å². The lowest BCUT2D eigenvalue weighted by Crippen LogP contribution is -2.26. The van der Waals surface area contributed by atoms with Gasteiger partial charge in [-0.1, -0.05) is 18.2 Å². The van der Waals surface area contributed by atoms with E-state index in [-0.39, 0.29) is 17.9 Å². The minimum Gasteiger partial charge on any atom is -0.495 e. The number of rotatable bonds is 9. The average Bonchev–Trinajstić information content (AvgIpc) is 3.15. The molecule has 0 unspecified atom stereocenters. The van der Waals surface area contributed by atoms with Gasteiger partial charge in [0.2, 0.25) is 0 Å². The maximum absolute atomic E-state index is 13.7. The Morgan fingerprint density at radius 3 is 2.51 bits per heavy atom. The van der Waals surface area contributed by atoms with Gasteiger partial charge in [0.1, 0.15) is 17.0 Å². The number of carbonyl (C=O) groups is 1. The van der Waals surface area contributed by atoms with Crippen LogP contribution in [0.25, 0.3) is 28.2 Å². The SMILES string of the molecule is C=CCn1c(=O)n(-c2ccccc2OC)c2nc(-c3ccc(OCC)cc3)nc(C(=O)NCC)c21. The van der Waals surface area contributed by atoms with Crippen molar-refractivity contribution >= 4 is 17.1 Å². The van der Waals surface area contributed by atoms with Gasteiger partial charge in [-0.3, -0.25) is 9.36 Å². The van der Waals surface area contributed by atoms with Crippen LogP contribution >= 0.6 is 0 Å². The van der Waals surface area contributed by atoms with E-state index in [1.165, 1.54) is 16.2 Å². The average molecular weight is 474 g/mol. The zero-order valence-corrected chi connectivity index (χ0v) is 19.9. The van der Waals surface area contributed by atoms with E-state index in [1.807, 2.05) is 44.2 Å². The van der Waals surface area contributed by atoms with Crippen molar-refractivity contribution < 1.29 is 14.3 Å². The molecule has 0 aliphatic heterocycles. The molecule has 0 aliphatic rings. The van der Waals surface area contributed by atoms with Gasteiger partial charge < -0.3 is 14.8 Å². The van der Waals surface area contributed by atoms with Crippen LogP contribution in [0.5, 0.6) is 11.5 Å². The minimum absolute atomic E-state index is 0.105. The summed E-state index contributed by atoms with van der Waals surface area (Å²) in [6.07, 6.45) is 1.59. The highest BCUT2D eigenvalue weighted by Gasteiger charge is 2.25. The first kappa shape index (κ1) is 23.7. The molecule has 2 aromatic carbocycles. The van der Waals surface area contributed by atoms with Crippen LogP contribution in [0.2, 0.25) is 0 Å². The van der Waals surface area contributed by atoms with Gasteiger partial charge in [0.15, 0.2) is 17.2 Å². The Hall–Kier alpha value is -4.40. The second-order valence-electron chi connectivity index (χ2n) is 7.57. The predicted octanol–water partition coefficient (Wildman–Crippen LogP) is 3.59. The molecule has 4 rings (SSSR count). The molecule has 9 heteroatoms. The van der Waals surface area contributed by atoms with Crippen LogP contribution < -0.4 is 20.5 Å². The number of imidazole rings is 1. The summed E-state index contributed by atoms with van der Waals surface area (Å²) in [7, 11) is 1.53. The van der Waals surface area contributed by atoms with E-state index < -0.39 is 5.91 Å². The number of aromatic nitrogens is 4. The molecule has 0 aliphatic carbocycles. The zero-order chi connectivity index (χ0) is 24.9. The first-order chi connectivity index (χ1) is 17.0. The minimum atomic E-state index is -0.401. The molecular formula is C26H27N5O4. The Kier molecular flexibility index (Phi) is 6.96. The predicted molar refractivity (Wildman–Crippen MR) is 134 cm³/mol. The summed E-state index contributed by atoms with van der Waals surface area (Å²) < 4.78 is 13.9. The van der Waals surface area contributed by atoms with E-state index in [1.54, 1.807) is 24.3 Å². The number of hydrogen-bond donors (Lipinski definition) is 1. The summed E-state index contributed by atoms with van der Waals surface area (Å²) in [5.41, 5.74) is 1.52. The van der Waals surface area contributed by atoms with E-state index >= 15 is 0 Å². The summed E-state index contributed by atoms with van der Waals surface area (Å²) in [5.74, 6) is 1.11. The van der Waals surface area contributed by atoms with Crippen molar-refractivity contribution in [1.29, 1.82) is 0 Å². The molecule has 2 heterocycles. The molecule has 2 aromatic heterocycles. The lowest BCUT2D eigenvalue weighted by atomic mass is 10.2. The van der Waals surface area contributed by atoms with Gasteiger partial charge in [0, 0.05) is 18.7 Å². The van der Waals surface area contributed by atoms with Gasteiger partial charge in [-0.25, -0.2) is 19.3 Å². The molecule has 0 spiro atoms. The van der Waals surface area contributed by atoms with Crippen molar-refractivity contribution in [1.82, 2.24) is 24.4 Å². The van der Waals surface area contributed by atoms with Crippen LogP contribution in [0.4, 0.5) is 0 Å². The standard InChI is InChI=1S/C26H27N5O4/c1-5-16-30-22-21(25(32)27-6-2)28-23(17-12-14-18(15-13-17)35-7-3)29-24(22)31(26(30)33)19-10-8-9-11-20(19)34-4/h5,8-15H,1,6-7,16H2,2-4H3,(H,27,32). The number of methoxy groups -OCH3 is 1. The fourth-order valence-electron chi connectivity index (χ4n) is 3.88. The van der Waals surface area contributed by atoms with Crippen LogP contribution in [0.15, 0.2) is 66.0 Å². The summed E-state index contributed by atoms with van der Waals surface area (Å²) in [6, 6.07) is 14.4. The number of fused-ring (bicyclic) bond motifs is 1. The second kappa shape index (κ2) is 10.3. The molecule has 0 fully saturated rings. The highest BCUT2D eigenvalue weighted by molar-refractivity contribution is 6.03. The number of allylic oxidation sites excluding steroid dienone is 1. The van der Waals surface area contributed by atoms with E-state index in [9.17, 15) is 9.59 Å². The van der Waals surface area contributed by atoms with Crippen molar-refractivity contribution in [3.05, 3.63) is 77.4 Å². The molecule has 9 nitrogen and oxygen atoms in total. The third kappa shape index (κ3) is 4.40. The highest BCUT2D eigenvalue weighted by atomic mass is 16.5. The first-order valence-corrected chi connectivity index (χ1v) is 11.3. The number of benzene rings is 2. The van der Waals surface area contributed by atoms with E-state index in [0.717, 1.165) is 0 Å². The largest absolute Gasteiger partial charge is 0.495 e. The highest BCUT2D eigenvalue weighted by Crippen LogP contribution is 2.28. The van der Waals surface area contributed by atoms with Crippen LogP contribution in [-0.4, -0.2) is 45.3 Å². The summed E-state index contributed by atoms with van der Waals surface area (Å²) in [4.78, 5) is 36.1. The van der Waals surface area contributed by atoms with Crippen molar-refractivity contribution in [2.75, 3.05) is 20.3 Å². The fraction of sp³-hybridized carbons (Fsp3) is 0.231. The van der Waals surface area contributed by atoms with Crippen LogP contribution in [0, 0.1) is 0 Å². The number of carbonyl (C=O) groups excluding carboxylic acids is 1. The van der Waals surface area contributed by atoms with Gasteiger partial charge in [0.05, 0.1) is 19.4 Å². The molecule has 1 amide bonds. The zero-order valence-electron chi connectivity index (χ0n) is 19.9. The number of nitrogens with one attached hydrogen (secondary N) is 1.